The first-order valence-corrected chi connectivity index (χ1v) is 31.8. The number of likely N-dealkylation sites (tertiary alicyclic amines) is 1. The number of nitrogens with two attached hydrogens (primary N) is 1. The Labute approximate surface area is 503 Å². The third-order valence-electron chi connectivity index (χ3n) is 16.6. The van der Waals surface area contributed by atoms with Gasteiger partial charge < -0.3 is 46.5 Å². The van der Waals surface area contributed by atoms with E-state index >= 15 is 0 Å². The fourth-order valence-electron chi connectivity index (χ4n) is 12.0. The number of carbonyl (C=O) groups is 8. The zero-order valence-corrected chi connectivity index (χ0v) is 50.5. The Bertz CT molecular complexity index is 3610. The summed E-state index contributed by atoms with van der Waals surface area (Å²) in [5, 5.41) is 20.1. The van der Waals surface area contributed by atoms with Gasteiger partial charge >= 0.3 is 7.60 Å². The summed E-state index contributed by atoms with van der Waals surface area (Å²) in [6.45, 7) is 7.75. The van der Waals surface area contributed by atoms with Gasteiger partial charge in [-0.3, -0.25) is 47.8 Å². The van der Waals surface area contributed by atoms with E-state index in [-0.39, 0.29) is 86.4 Å². The van der Waals surface area contributed by atoms with Crippen molar-refractivity contribution in [1.29, 1.82) is 0 Å². The highest BCUT2D eigenvalue weighted by Gasteiger charge is 2.46. The highest BCUT2D eigenvalue weighted by atomic mass is 32.1. The zero-order chi connectivity index (χ0) is 61.6. The minimum Gasteiger partial charge on any atom is -0.391 e. The van der Waals surface area contributed by atoms with Gasteiger partial charge in [-0.25, -0.2) is 4.98 Å². The quantitative estimate of drug-likeness (QED) is 0.0159. The van der Waals surface area contributed by atoms with Crippen molar-refractivity contribution in [1.82, 2.24) is 30.8 Å². The molecular formula is C64H75N8O12PS. The summed E-state index contributed by atoms with van der Waals surface area (Å²) in [6.07, 6.45) is 4.49. The van der Waals surface area contributed by atoms with Crippen molar-refractivity contribution in [3.8, 4) is 10.4 Å². The van der Waals surface area contributed by atoms with Gasteiger partial charge in [0, 0.05) is 73.6 Å². The largest absolute Gasteiger partial charge is 0.396 e. The number of aliphatic hydroxyl groups excluding tert-OH is 1. The van der Waals surface area contributed by atoms with Crippen LogP contribution in [-0.4, -0.2) is 113 Å². The average Bonchev–Trinajstić information content (AvgIpc) is 1.69. The number of ketones is 1. The van der Waals surface area contributed by atoms with Crippen LogP contribution >= 0.6 is 18.9 Å². The van der Waals surface area contributed by atoms with E-state index in [1.54, 1.807) is 16.8 Å². The van der Waals surface area contributed by atoms with Crippen molar-refractivity contribution in [3.05, 3.63) is 141 Å². The number of unbranched alkanes of at least 4 members (excludes halogenated alkanes) is 2. The van der Waals surface area contributed by atoms with Crippen LogP contribution in [0.25, 0.3) is 21.3 Å². The highest BCUT2D eigenvalue weighted by molar-refractivity contribution is 7.70. The Balaban J connectivity index is 0.755. The topological polar surface area (TPSA) is 312 Å². The van der Waals surface area contributed by atoms with E-state index in [0.717, 1.165) is 63.2 Å². The number of amides is 6. The number of Topliss-reactive ketones (excluding diaryl/α,β-unsaturated/α-hetero) is 1. The van der Waals surface area contributed by atoms with Crippen LogP contribution in [0.5, 0.6) is 0 Å². The van der Waals surface area contributed by atoms with Crippen molar-refractivity contribution in [3.63, 3.8) is 0 Å². The van der Waals surface area contributed by atoms with E-state index in [1.165, 1.54) is 34.1 Å². The molecule has 9 rings (SSSR count). The predicted molar refractivity (Wildman–Crippen MR) is 326 cm³/mol. The molecule has 9 N–H and O–H groups in total. The molecule has 0 saturated carbocycles. The molecule has 5 heterocycles. The summed E-state index contributed by atoms with van der Waals surface area (Å²) in [6, 6.07) is 24.0. The molecule has 0 aliphatic carbocycles. The molecule has 20 nitrogen and oxygen atoms in total. The molecule has 6 amide bonds. The number of thiazole rings is 1. The van der Waals surface area contributed by atoms with Crippen molar-refractivity contribution in [2.75, 3.05) is 11.4 Å². The maximum Gasteiger partial charge on any atom is 0.396 e. The van der Waals surface area contributed by atoms with Crippen LogP contribution in [0.4, 0.5) is 5.69 Å². The molecule has 3 aliphatic heterocycles. The monoisotopic (exact) mass is 1210 g/mol. The van der Waals surface area contributed by atoms with Crippen molar-refractivity contribution < 1.29 is 57.8 Å². The van der Waals surface area contributed by atoms with E-state index in [1.807, 2.05) is 88.4 Å². The Morgan fingerprint density at radius 2 is 1.57 bits per heavy atom. The molecule has 0 bridgehead atoms. The minimum atomic E-state index is -5.04. The summed E-state index contributed by atoms with van der Waals surface area (Å²) < 4.78 is 11.6. The maximum absolute atomic E-state index is 14.6. The number of nitrogens with zero attached hydrogens (tertiary/aromatic N) is 3. The summed E-state index contributed by atoms with van der Waals surface area (Å²) >= 11 is 1.56. The number of H-pyrrole nitrogens is 1. The number of benzene rings is 4. The summed E-state index contributed by atoms with van der Waals surface area (Å²) in [5.74, 6) is -3.52. The number of β-amino-alcohol motifs (C(OH)–C–C–N with tert-alkyl or cyclic N) is 1. The molecule has 6 aromatic rings. The number of para-hydroxylation sites is 1. The van der Waals surface area contributed by atoms with E-state index in [4.69, 9.17) is 5.73 Å². The van der Waals surface area contributed by atoms with Gasteiger partial charge in [0.05, 0.1) is 33.6 Å². The molecule has 4 aromatic carbocycles. The number of anilines is 1. The van der Waals surface area contributed by atoms with Crippen LogP contribution in [0.1, 0.15) is 139 Å². The summed E-state index contributed by atoms with van der Waals surface area (Å²) in [7, 11) is -5.04. The van der Waals surface area contributed by atoms with Gasteiger partial charge in [-0.05, 0) is 121 Å². The molecule has 454 valence electrons. The first kappa shape index (κ1) is 62.8. The van der Waals surface area contributed by atoms with E-state index < -0.39 is 72.4 Å². The van der Waals surface area contributed by atoms with Gasteiger partial charge in [-0.1, -0.05) is 93.9 Å². The summed E-state index contributed by atoms with van der Waals surface area (Å²) in [4.78, 5) is 139. The molecule has 1 saturated heterocycles. The lowest BCUT2D eigenvalue weighted by Gasteiger charge is -2.35. The minimum absolute atomic E-state index is 0.0224. The van der Waals surface area contributed by atoms with Crippen LogP contribution in [0.3, 0.4) is 0 Å². The lowest BCUT2D eigenvalue weighted by molar-refractivity contribution is -0.144. The molecule has 0 unspecified atom stereocenters. The molecule has 3 aliphatic rings. The van der Waals surface area contributed by atoms with Crippen LogP contribution in [0.2, 0.25) is 0 Å². The number of primary amides is 1. The zero-order valence-electron chi connectivity index (χ0n) is 48.8. The maximum atomic E-state index is 14.6. The van der Waals surface area contributed by atoms with Gasteiger partial charge in [-0.15, -0.1) is 11.3 Å². The van der Waals surface area contributed by atoms with E-state index in [0.29, 0.717) is 48.7 Å². The first-order valence-electron chi connectivity index (χ1n) is 29.3. The van der Waals surface area contributed by atoms with Gasteiger partial charge in [0.25, 0.3) is 5.52 Å². The third-order valence-corrected chi connectivity index (χ3v) is 18.4. The first-order chi connectivity index (χ1) is 40.9. The third kappa shape index (κ3) is 15.1. The molecular weight excluding hydrogens is 1140 g/mol. The van der Waals surface area contributed by atoms with Gasteiger partial charge in [0.2, 0.25) is 35.4 Å². The second kappa shape index (κ2) is 26.9. The number of fused-ring (bicyclic) bond motifs is 1. The number of hydrogen-bond donors (Lipinski definition) is 8. The number of nitrogens with one attached hydrogen (secondary N) is 4. The fraction of sp³-hybridized carbons (Fsp3) is 0.422. The molecule has 0 radical (unpaired) electrons. The molecule has 0 spiro atoms. The number of aromatic amines is 1. The van der Waals surface area contributed by atoms with Crippen molar-refractivity contribution in [2.45, 2.75) is 154 Å². The molecule has 22 heteroatoms. The SMILES string of the molecule is Cc1ncsc1-c1ccc(CNC(=O)[C@@H]2C[C@@H](O)CN2C(=O)[C@@H](NC(=O)CCCCCc2cccc(CC[C@H](CCC(N)=O)NC(=O)[C@@H]3Cc4cccc5c4N3C(=O)[C@@H](CC(=O)c3cc4cc(C(=O)P(=O)(O)O)ccc4[nH]3)CC5)c2)C(C)(C)C)cc1. The molecule has 86 heavy (non-hydrogen) atoms. The van der Waals surface area contributed by atoms with Crippen LogP contribution in [0.15, 0.2) is 96.5 Å². The number of carbonyl (C=O) groups excluding carboxylic acids is 8. The van der Waals surface area contributed by atoms with E-state index in [9.17, 15) is 57.8 Å². The second-order valence-electron chi connectivity index (χ2n) is 24.1. The highest BCUT2D eigenvalue weighted by Crippen LogP contribution is 2.42. The Morgan fingerprint density at radius 3 is 2.28 bits per heavy atom. The van der Waals surface area contributed by atoms with Gasteiger partial charge in [0.15, 0.2) is 5.78 Å². The lowest BCUT2D eigenvalue weighted by Crippen LogP contribution is -2.57. The van der Waals surface area contributed by atoms with E-state index in [2.05, 4.69) is 32.0 Å². The number of hydrogen-bond acceptors (Lipinski definition) is 12. The lowest BCUT2D eigenvalue weighted by atomic mass is 9.85. The number of aliphatic hydroxyl groups is 1. The second-order valence-corrected chi connectivity index (χ2v) is 26.5. The Morgan fingerprint density at radius 1 is 0.837 bits per heavy atom. The number of aromatic nitrogens is 2. The molecule has 6 atom stereocenters. The van der Waals surface area contributed by atoms with Crippen LogP contribution in [0, 0.1) is 18.3 Å². The normalized spacial score (nSPS) is 18.3. The molecule has 1 fully saturated rings. The fourth-order valence-corrected chi connectivity index (χ4v) is 13.3. The standard InChI is InChI=1S/C64H75N8O12PS/c1-37-57(86-36-67-37)42-19-16-40(17-20-42)34-66-59(77)51-33-48(73)35-71(51)62(80)58(64(2,3)4)70-55(76)15-7-5-6-10-38-11-8-12-39(28-38)18-24-47(25-27-54(65)75)68-60(78)52-31-43-14-9-13-41-21-22-44(61(79)72(52)56(41)43)32-53(74)50-30-46-29-45(23-26-49(46)69-50)63(81)85(82,83)84/h8-9,11-14,16-17,19-20,23,26,28-30,36,44,47-48,51-52,58,69,73H,5-7,10,15,18,21-22,24-25,27,31-35H2,1-4H3,(H2,65,75)(H,66,77)(H,68,78)(H,70,76)(H2,82,83,84)/t44-,47-,48-,51+,52+,58-/m1/s1. The Kier molecular flexibility index (Phi) is 19.7. The summed E-state index contributed by atoms with van der Waals surface area (Å²) in [5.41, 5.74) is 13.2. The van der Waals surface area contributed by atoms with Crippen molar-refractivity contribution >= 4 is 82.3 Å². The smallest absolute Gasteiger partial charge is 0.391 e. The molecule has 2 aromatic heterocycles. The average molecular weight is 1210 g/mol. The Hall–Kier alpha value is -7.68. The van der Waals surface area contributed by atoms with Gasteiger partial charge in [-0.2, -0.15) is 0 Å². The van der Waals surface area contributed by atoms with Gasteiger partial charge in [0.1, 0.15) is 18.1 Å². The number of aryl methyl sites for hydroxylation is 4. The predicted octanol–water partition coefficient (Wildman–Crippen LogP) is 7.31. The van der Waals surface area contributed by atoms with Crippen molar-refractivity contribution in [2.24, 2.45) is 17.1 Å². The van der Waals surface area contributed by atoms with Crippen LogP contribution in [-0.2, 0) is 65.6 Å². The van der Waals surface area contributed by atoms with Crippen LogP contribution < -0.4 is 26.6 Å². The number of rotatable bonds is 25.